The number of rotatable bonds is 4. The third-order valence-corrected chi connectivity index (χ3v) is 2.88. The van der Waals surface area contributed by atoms with Gasteiger partial charge in [0, 0.05) is 10.8 Å². The number of hydrogen-bond donors (Lipinski definition) is 1. The predicted octanol–water partition coefficient (Wildman–Crippen LogP) is 2.69. The van der Waals surface area contributed by atoms with Crippen molar-refractivity contribution in [1.29, 1.82) is 5.26 Å². The average molecular weight is 270 g/mol. The molecule has 0 saturated carbocycles. The van der Waals surface area contributed by atoms with Gasteiger partial charge in [0.1, 0.15) is 6.07 Å². The number of benzene rings is 1. The molecule has 0 amide bonds. The van der Waals surface area contributed by atoms with Gasteiger partial charge in [0.15, 0.2) is 0 Å². The van der Waals surface area contributed by atoms with E-state index in [1.165, 1.54) is 0 Å². The molecule has 0 radical (unpaired) electrons. The Bertz CT molecular complexity index is 468. The van der Waals surface area contributed by atoms with E-state index in [-0.39, 0.29) is 18.3 Å². The molecule has 0 N–H and O–H groups in total. The second-order valence-corrected chi connectivity index (χ2v) is 4.11. The summed E-state index contributed by atoms with van der Waals surface area (Å²) in [5, 5.41) is 8.90. The summed E-state index contributed by atoms with van der Waals surface area (Å²) in [4.78, 5) is 12.0. The van der Waals surface area contributed by atoms with Crippen LogP contribution in [-0.2, 0) is 21.8 Å². The lowest BCUT2D eigenvalue weighted by atomic mass is 10.0. The smallest absolute Gasteiger partial charge is 0.310 e. The van der Waals surface area contributed by atoms with E-state index in [9.17, 15) is 4.79 Å². The summed E-state index contributed by atoms with van der Waals surface area (Å²) in [6, 6.07) is 5.37. The van der Waals surface area contributed by atoms with Gasteiger partial charge in [-0.3, -0.25) is 4.79 Å². The molecule has 0 aliphatic rings. The Kier molecular flexibility index (Phi) is 5.33. The first-order valence-corrected chi connectivity index (χ1v) is 6.07. The fourth-order valence-corrected chi connectivity index (χ4v) is 1.94. The maximum absolute atomic E-state index is 11.4. The molecule has 0 aliphatic carbocycles. The van der Waals surface area contributed by atoms with E-state index in [0.717, 1.165) is 5.56 Å². The highest BCUT2D eigenvalue weighted by Gasteiger charge is 2.11. The second kappa shape index (κ2) is 6.53. The van der Waals surface area contributed by atoms with Crippen LogP contribution >= 0.6 is 24.2 Å². The van der Waals surface area contributed by atoms with Gasteiger partial charge in [-0.2, -0.15) is 5.26 Å². The van der Waals surface area contributed by atoms with Gasteiger partial charge >= 0.3 is 5.97 Å². The van der Waals surface area contributed by atoms with E-state index >= 15 is 0 Å². The molecule has 0 spiro atoms. The minimum Gasteiger partial charge on any atom is -0.466 e. The molecular weight excluding hydrogens is 258 g/mol. The molecule has 0 saturated heterocycles. The number of ether oxygens (including phenoxy) is 1. The summed E-state index contributed by atoms with van der Waals surface area (Å²) in [6.07, 6.45) is 0.124. The molecule has 0 fully saturated rings. The summed E-state index contributed by atoms with van der Waals surface area (Å²) in [6.45, 7) is 2.09. The van der Waals surface area contributed by atoms with Gasteiger partial charge in [0.05, 0.1) is 18.6 Å². The maximum atomic E-state index is 11.4. The first-order valence-electron chi connectivity index (χ1n) is 5.08. The van der Waals surface area contributed by atoms with Crippen LogP contribution in [0.4, 0.5) is 0 Å². The number of esters is 1. The number of halogens is 1. The molecular formula is C12H12ClNO2S. The first kappa shape index (κ1) is 13.9. The molecule has 1 aromatic rings. The standard InChI is InChI=1S/C12H12ClNO2S/c1-2-16-12(15)5-8-3-10(7-14)11(17)4-9(8)6-13/h3-4,17H,2,5-6H2,1H3. The van der Waals surface area contributed by atoms with Crippen LogP contribution < -0.4 is 0 Å². The number of hydrogen-bond acceptors (Lipinski definition) is 4. The van der Waals surface area contributed by atoms with Gasteiger partial charge in [-0.05, 0) is 30.2 Å². The fourth-order valence-electron chi connectivity index (χ4n) is 1.42. The van der Waals surface area contributed by atoms with Crippen LogP contribution in [-0.4, -0.2) is 12.6 Å². The molecule has 17 heavy (non-hydrogen) atoms. The Morgan fingerprint density at radius 2 is 2.24 bits per heavy atom. The van der Waals surface area contributed by atoms with Gasteiger partial charge < -0.3 is 4.74 Å². The third kappa shape index (κ3) is 3.65. The molecule has 3 nitrogen and oxygen atoms in total. The van der Waals surface area contributed by atoms with Crippen molar-refractivity contribution in [3.8, 4) is 6.07 Å². The highest BCUT2D eigenvalue weighted by Crippen LogP contribution is 2.22. The number of nitrogens with zero attached hydrogens (tertiary/aromatic N) is 1. The van der Waals surface area contributed by atoms with E-state index in [2.05, 4.69) is 12.6 Å². The lowest BCUT2D eigenvalue weighted by Crippen LogP contribution is -2.09. The van der Waals surface area contributed by atoms with Crippen LogP contribution in [0.5, 0.6) is 0 Å². The lowest BCUT2D eigenvalue weighted by molar-refractivity contribution is -0.142. The molecule has 0 aromatic heterocycles. The Hall–Kier alpha value is -1.18. The Morgan fingerprint density at radius 1 is 1.53 bits per heavy atom. The zero-order valence-electron chi connectivity index (χ0n) is 9.36. The van der Waals surface area contributed by atoms with Crippen molar-refractivity contribution in [2.24, 2.45) is 0 Å². The Balaban J connectivity index is 3.05. The summed E-state index contributed by atoms with van der Waals surface area (Å²) in [7, 11) is 0. The van der Waals surface area contributed by atoms with E-state index < -0.39 is 0 Å². The number of carbonyl (C=O) groups excluding carboxylic acids is 1. The van der Waals surface area contributed by atoms with Crippen molar-refractivity contribution in [2.75, 3.05) is 6.61 Å². The van der Waals surface area contributed by atoms with Crippen LogP contribution in [0.3, 0.4) is 0 Å². The SMILES string of the molecule is CCOC(=O)Cc1cc(C#N)c(S)cc1CCl. The van der Waals surface area contributed by atoms with Gasteiger partial charge in [-0.25, -0.2) is 0 Å². The van der Waals surface area contributed by atoms with Crippen molar-refractivity contribution in [1.82, 2.24) is 0 Å². The van der Waals surface area contributed by atoms with Crippen molar-refractivity contribution >= 4 is 30.2 Å². The number of carbonyl (C=O) groups is 1. The van der Waals surface area contributed by atoms with Crippen molar-refractivity contribution < 1.29 is 9.53 Å². The zero-order chi connectivity index (χ0) is 12.8. The van der Waals surface area contributed by atoms with Crippen LogP contribution in [0.2, 0.25) is 0 Å². The molecule has 0 aliphatic heterocycles. The average Bonchev–Trinajstić information content (AvgIpc) is 2.31. The van der Waals surface area contributed by atoms with Gasteiger partial charge in [0.2, 0.25) is 0 Å². The molecule has 0 unspecified atom stereocenters. The normalized spacial score (nSPS) is 9.76. The van der Waals surface area contributed by atoms with E-state index in [1.807, 2.05) is 6.07 Å². The van der Waals surface area contributed by atoms with Crippen LogP contribution in [0.25, 0.3) is 0 Å². The molecule has 0 atom stereocenters. The minimum absolute atomic E-state index is 0.124. The second-order valence-electron chi connectivity index (χ2n) is 3.37. The van der Waals surface area contributed by atoms with Crippen molar-refractivity contribution in [3.63, 3.8) is 0 Å². The molecule has 1 rings (SSSR count). The van der Waals surface area contributed by atoms with Gasteiger partial charge in [-0.15, -0.1) is 24.2 Å². The van der Waals surface area contributed by atoms with E-state index in [4.69, 9.17) is 21.6 Å². The molecule has 0 heterocycles. The Morgan fingerprint density at radius 3 is 2.76 bits per heavy atom. The molecule has 90 valence electrons. The first-order chi connectivity index (χ1) is 8.12. The zero-order valence-corrected chi connectivity index (χ0v) is 11.0. The van der Waals surface area contributed by atoms with Gasteiger partial charge in [0.25, 0.3) is 0 Å². The monoisotopic (exact) mass is 269 g/mol. The molecule has 0 bridgehead atoms. The van der Waals surface area contributed by atoms with Crippen molar-refractivity contribution in [2.45, 2.75) is 24.1 Å². The van der Waals surface area contributed by atoms with Crippen molar-refractivity contribution in [3.05, 3.63) is 28.8 Å². The number of nitriles is 1. The molecule has 5 heteroatoms. The quantitative estimate of drug-likeness (QED) is 0.519. The summed E-state index contributed by atoms with van der Waals surface area (Å²) in [5.74, 6) is -0.0525. The summed E-state index contributed by atoms with van der Waals surface area (Å²) < 4.78 is 4.87. The van der Waals surface area contributed by atoms with Crippen LogP contribution in [0.15, 0.2) is 17.0 Å². The van der Waals surface area contributed by atoms with Crippen LogP contribution in [0, 0.1) is 11.3 Å². The minimum atomic E-state index is -0.324. The van der Waals surface area contributed by atoms with E-state index in [0.29, 0.717) is 22.6 Å². The molecule has 1 aromatic carbocycles. The highest BCUT2D eigenvalue weighted by atomic mass is 35.5. The number of alkyl halides is 1. The Labute approximate surface area is 111 Å². The summed E-state index contributed by atoms with van der Waals surface area (Å²) >= 11 is 9.97. The fraction of sp³-hybridized carbons (Fsp3) is 0.333. The van der Waals surface area contributed by atoms with Gasteiger partial charge in [-0.1, -0.05) is 0 Å². The summed E-state index contributed by atoms with van der Waals surface area (Å²) in [5.41, 5.74) is 1.94. The largest absolute Gasteiger partial charge is 0.466 e. The van der Waals surface area contributed by atoms with Crippen LogP contribution in [0.1, 0.15) is 23.6 Å². The lowest BCUT2D eigenvalue weighted by Gasteiger charge is -2.09. The highest BCUT2D eigenvalue weighted by molar-refractivity contribution is 7.80. The maximum Gasteiger partial charge on any atom is 0.310 e. The van der Waals surface area contributed by atoms with E-state index in [1.54, 1.807) is 19.1 Å². The third-order valence-electron chi connectivity index (χ3n) is 2.22. The number of thiol groups is 1. The topological polar surface area (TPSA) is 50.1 Å². The predicted molar refractivity (Wildman–Crippen MR) is 68.3 cm³/mol.